The Kier molecular flexibility index (Phi) is 23.6. The summed E-state index contributed by atoms with van der Waals surface area (Å²) < 4.78 is 8.88. The molecular weight excluding hydrogens is 125 g/mol. The molecule has 44 valence electrons. The molecule has 5 N–H and O–H groups in total. The van der Waals surface area contributed by atoms with Gasteiger partial charge in [0, 0.05) is 0 Å². The molecule has 0 aromatic heterocycles. The molecule has 0 fully saturated rings. The van der Waals surface area contributed by atoms with Crippen LogP contribution in [0.25, 0.3) is 0 Å². The quantitative estimate of drug-likeness (QED) is 0.240. The molecule has 0 amide bonds. The SMILES string of the molecule is O.O=P(O)(O)O.[LiH].[LiH]. The second kappa shape index (κ2) is 8.26. The molecule has 0 rings (SSSR count). The van der Waals surface area contributed by atoms with Gasteiger partial charge in [0.15, 0.2) is 0 Å². The first kappa shape index (κ1) is 22.8. The number of hydrogen-bond acceptors (Lipinski definition) is 1. The van der Waals surface area contributed by atoms with Gasteiger partial charge in [-0.2, -0.15) is 0 Å². The van der Waals surface area contributed by atoms with Crippen LogP contribution in [0.3, 0.4) is 0 Å². The Morgan fingerprint density at radius 3 is 1.00 bits per heavy atom. The minimum absolute atomic E-state index is 0. The first-order valence-corrected chi connectivity index (χ1v) is 2.35. The summed E-state index contributed by atoms with van der Waals surface area (Å²) >= 11 is 0. The van der Waals surface area contributed by atoms with Crippen molar-refractivity contribution in [2.75, 3.05) is 0 Å². The second-order valence-corrected chi connectivity index (χ2v) is 1.54. The predicted octanol–water partition coefficient (Wildman–Crippen LogP) is -3.05. The number of phosphoric acid groups is 1. The van der Waals surface area contributed by atoms with E-state index < -0.39 is 7.82 Å². The van der Waals surface area contributed by atoms with Crippen molar-refractivity contribution < 1.29 is 24.7 Å². The van der Waals surface area contributed by atoms with Crippen LogP contribution in [0.2, 0.25) is 0 Å². The maximum absolute atomic E-state index is 8.88. The summed E-state index contributed by atoms with van der Waals surface area (Å²) in [7, 11) is -4.64. The van der Waals surface area contributed by atoms with E-state index in [1.165, 1.54) is 0 Å². The summed E-state index contributed by atoms with van der Waals surface area (Å²) in [6.45, 7) is 0. The van der Waals surface area contributed by atoms with E-state index in [1.807, 2.05) is 0 Å². The molecule has 0 unspecified atom stereocenters. The van der Waals surface area contributed by atoms with Gasteiger partial charge in [-0.25, -0.2) is 4.57 Å². The van der Waals surface area contributed by atoms with E-state index in [2.05, 4.69) is 0 Å². The molecule has 0 bridgehead atoms. The van der Waals surface area contributed by atoms with Crippen molar-refractivity contribution in [1.82, 2.24) is 0 Å². The third-order valence-corrected chi connectivity index (χ3v) is 0. The van der Waals surface area contributed by atoms with E-state index in [1.54, 1.807) is 0 Å². The Bertz CT molecular complexity index is 56.6. The van der Waals surface area contributed by atoms with Crippen LogP contribution in [0.15, 0.2) is 0 Å². The summed E-state index contributed by atoms with van der Waals surface area (Å²) in [6.07, 6.45) is 0. The summed E-state index contributed by atoms with van der Waals surface area (Å²) in [4.78, 5) is 21.6. The van der Waals surface area contributed by atoms with E-state index >= 15 is 0 Å². The zero-order chi connectivity index (χ0) is 4.50. The van der Waals surface area contributed by atoms with Gasteiger partial charge in [0.2, 0.25) is 0 Å². The van der Waals surface area contributed by atoms with Crippen LogP contribution < -0.4 is 0 Å². The average molecular weight is 132 g/mol. The van der Waals surface area contributed by atoms with Gasteiger partial charge >= 0.3 is 45.5 Å². The molecule has 5 nitrogen and oxygen atoms in total. The Morgan fingerprint density at radius 2 is 1.00 bits per heavy atom. The maximum atomic E-state index is 8.88. The predicted molar refractivity (Wildman–Crippen MR) is 32.2 cm³/mol. The van der Waals surface area contributed by atoms with Gasteiger partial charge in [0.1, 0.15) is 0 Å². The van der Waals surface area contributed by atoms with Gasteiger partial charge < -0.3 is 20.2 Å². The van der Waals surface area contributed by atoms with Crippen LogP contribution >= 0.6 is 7.82 Å². The van der Waals surface area contributed by atoms with Crippen LogP contribution in [0.5, 0.6) is 0 Å². The fourth-order valence-corrected chi connectivity index (χ4v) is 0. The minimum atomic E-state index is -4.64. The van der Waals surface area contributed by atoms with E-state index in [-0.39, 0.29) is 43.2 Å². The van der Waals surface area contributed by atoms with Crippen molar-refractivity contribution in [3.05, 3.63) is 0 Å². The average Bonchev–Trinajstić information content (AvgIpc) is 0.722. The summed E-state index contributed by atoms with van der Waals surface area (Å²) in [5.41, 5.74) is 0. The fraction of sp³-hybridized carbons (Fsp3) is 0. The Morgan fingerprint density at radius 1 is 1.00 bits per heavy atom. The third-order valence-electron chi connectivity index (χ3n) is 0. The van der Waals surface area contributed by atoms with Gasteiger partial charge in [0.25, 0.3) is 0 Å². The monoisotopic (exact) mass is 132 g/mol. The van der Waals surface area contributed by atoms with Gasteiger partial charge in [-0.05, 0) is 0 Å². The van der Waals surface area contributed by atoms with Crippen LogP contribution in [-0.4, -0.2) is 57.9 Å². The Hall–Kier alpha value is 1.26. The summed E-state index contributed by atoms with van der Waals surface area (Å²) in [5.74, 6) is 0. The molecule has 0 radical (unpaired) electrons. The van der Waals surface area contributed by atoms with Crippen LogP contribution in [0, 0.1) is 0 Å². The van der Waals surface area contributed by atoms with Gasteiger partial charge in [0.05, 0.1) is 0 Å². The van der Waals surface area contributed by atoms with Gasteiger partial charge in [-0.3, -0.25) is 0 Å². The molecule has 0 atom stereocenters. The van der Waals surface area contributed by atoms with Crippen molar-refractivity contribution in [2.45, 2.75) is 0 Å². The molecule has 0 saturated carbocycles. The van der Waals surface area contributed by atoms with E-state index in [0.29, 0.717) is 0 Å². The van der Waals surface area contributed by atoms with Gasteiger partial charge in [-0.15, -0.1) is 0 Å². The molecule has 0 aromatic rings. The zero-order valence-electron chi connectivity index (χ0n) is 2.70. The summed E-state index contributed by atoms with van der Waals surface area (Å²) in [5, 5.41) is 0. The molecule has 0 aliphatic rings. The zero-order valence-corrected chi connectivity index (χ0v) is 3.59. The first-order chi connectivity index (χ1) is 2.00. The standard InChI is InChI=1S/2Li.H3O4P.H2O.2H/c;;1-5(2,3)4;;;/h;;(H3,1,2,3,4);1H2;;. The molecule has 0 saturated heterocycles. The molecule has 8 heteroatoms. The molecule has 0 heterocycles. The summed E-state index contributed by atoms with van der Waals surface area (Å²) in [6, 6.07) is 0. The molecule has 0 spiro atoms. The van der Waals surface area contributed by atoms with Gasteiger partial charge in [-0.1, -0.05) is 0 Å². The Labute approximate surface area is 70.4 Å². The molecule has 0 aliphatic heterocycles. The third kappa shape index (κ3) is 178. The second-order valence-electron chi connectivity index (χ2n) is 0.513. The van der Waals surface area contributed by atoms with Crippen molar-refractivity contribution >= 4 is 45.5 Å². The van der Waals surface area contributed by atoms with Crippen LogP contribution in [0.1, 0.15) is 0 Å². The van der Waals surface area contributed by atoms with Crippen molar-refractivity contribution in [2.24, 2.45) is 0 Å². The molecular formula is H7Li2O5P. The van der Waals surface area contributed by atoms with E-state index in [4.69, 9.17) is 19.2 Å². The van der Waals surface area contributed by atoms with Crippen molar-refractivity contribution in [3.8, 4) is 0 Å². The Balaban J connectivity index is -0.0000000267. The number of rotatable bonds is 0. The molecule has 8 heavy (non-hydrogen) atoms. The van der Waals surface area contributed by atoms with Crippen molar-refractivity contribution in [3.63, 3.8) is 0 Å². The molecule has 0 aromatic carbocycles. The number of hydrogen-bond donors (Lipinski definition) is 3. The molecule has 0 aliphatic carbocycles. The van der Waals surface area contributed by atoms with Crippen molar-refractivity contribution in [1.29, 1.82) is 0 Å². The fourth-order valence-electron chi connectivity index (χ4n) is 0. The first-order valence-electron chi connectivity index (χ1n) is 0.783. The normalized spacial score (nSPS) is 7.38. The van der Waals surface area contributed by atoms with Crippen LogP contribution in [0.4, 0.5) is 0 Å². The van der Waals surface area contributed by atoms with E-state index in [9.17, 15) is 0 Å². The van der Waals surface area contributed by atoms with Crippen LogP contribution in [-0.2, 0) is 4.57 Å². The topological polar surface area (TPSA) is 109 Å². The van der Waals surface area contributed by atoms with E-state index in [0.717, 1.165) is 0 Å².